The zero-order chi connectivity index (χ0) is 19.8. The molecule has 1 saturated heterocycles. The van der Waals surface area contributed by atoms with Crippen LogP contribution >= 0.6 is 0 Å². The number of hydrogen-bond acceptors (Lipinski definition) is 6. The summed E-state index contributed by atoms with van der Waals surface area (Å²) in [5, 5.41) is 0. The van der Waals surface area contributed by atoms with Crippen LogP contribution in [0.3, 0.4) is 0 Å². The molecule has 1 fully saturated rings. The molecule has 0 unspecified atom stereocenters. The van der Waals surface area contributed by atoms with Gasteiger partial charge in [-0.3, -0.25) is 4.79 Å². The molecular formula is C22H24O6. The lowest BCUT2D eigenvalue weighted by Crippen LogP contribution is -2.31. The average molecular weight is 384 g/mol. The first kappa shape index (κ1) is 18.5. The maximum Gasteiger partial charge on any atom is 0.309 e. The molecule has 0 spiro atoms. The number of hydrogen-bond donors (Lipinski definition) is 0. The lowest BCUT2D eigenvalue weighted by Gasteiger charge is -2.34. The smallest absolute Gasteiger partial charge is 0.309 e. The minimum Gasteiger partial charge on any atom is -0.493 e. The number of esters is 1. The van der Waals surface area contributed by atoms with Crippen LogP contribution in [0, 0.1) is 11.8 Å². The van der Waals surface area contributed by atoms with E-state index in [1.54, 1.807) is 28.4 Å². The Morgan fingerprint density at radius 2 is 1.50 bits per heavy atom. The summed E-state index contributed by atoms with van der Waals surface area (Å²) in [7, 11) is 6.48. The Morgan fingerprint density at radius 1 is 0.857 bits per heavy atom. The molecule has 0 N–H and O–H groups in total. The largest absolute Gasteiger partial charge is 0.493 e. The van der Waals surface area contributed by atoms with Crippen molar-refractivity contribution in [3.05, 3.63) is 47.0 Å². The van der Waals surface area contributed by atoms with Gasteiger partial charge in [-0.1, -0.05) is 6.07 Å². The number of rotatable bonds is 5. The van der Waals surface area contributed by atoms with Crippen LogP contribution in [0.5, 0.6) is 23.0 Å². The monoisotopic (exact) mass is 384 g/mol. The van der Waals surface area contributed by atoms with Crippen molar-refractivity contribution in [2.24, 2.45) is 11.8 Å². The summed E-state index contributed by atoms with van der Waals surface area (Å²) in [4.78, 5) is 12.4. The molecule has 0 radical (unpaired) electrons. The van der Waals surface area contributed by atoms with Crippen molar-refractivity contribution >= 4 is 5.97 Å². The van der Waals surface area contributed by atoms with Crippen LogP contribution in [0.25, 0.3) is 0 Å². The fraction of sp³-hybridized carbons (Fsp3) is 0.409. The molecule has 6 nitrogen and oxygen atoms in total. The van der Waals surface area contributed by atoms with Crippen molar-refractivity contribution in [1.82, 2.24) is 0 Å². The highest BCUT2D eigenvalue weighted by Gasteiger charge is 2.47. The second-order valence-electron chi connectivity index (χ2n) is 7.10. The normalized spacial score (nSPS) is 22.7. The van der Waals surface area contributed by atoms with E-state index < -0.39 is 0 Å². The summed E-state index contributed by atoms with van der Waals surface area (Å²) >= 11 is 0. The molecule has 2 aromatic carbocycles. The number of ether oxygens (including phenoxy) is 5. The maximum absolute atomic E-state index is 12.4. The number of carbonyl (C=O) groups excluding carboxylic acids is 1. The predicted octanol–water partition coefficient (Wildman–Crippen LogP) is 3.20. The Kier molecular flexibility index (Phi) is 4.79. The summed E-state index contributed by atoms with van der Waals surface area (Å²) in [6, 6.07) is 9.90. The lowest BCUT2D eigenvalue weighted by atomic mass is 9.67. The fourth-order valence-corrected chi connectivity index (χ4v) is 4.48. The van der Waals surface area contributed by atoms with E-state index in [9.17, 15) is 4.79 Å². The van der Waals surface area contributed by atoms with E-state index in [2.05, 4.69) is 0 Å². The Hall–Kier alpha value is -2.89. The second-order valence-corrected chi connectivity index (χ2v) is 7.10. The Morgan fingerprint density at radius 3 is 2.18 bits per heavy atom. The highest BCUT2D eigenvalue weighted by atomic mass is 16.5. The van der Waals surface area contributed by atoms with E-state index >= 15 is 0 Å². The van der Waals surface area contributed by atoms with Gasteiger partial charge in [-0.25, -0.2) is 0 Å². The first-order valence-corrected chi connectivity index (χ1v) is 9.24. The van der Waals surface area contributed by atoms with E-state index in [-0.39, 0.29) is 23.7 Å². The topological polar surface area (TPSA) is 63.2 Å². The van der Waals surface area contributed by atoms with Crippen LogP contribution in [0.1, 0.15) is 22.6 Å². The molecule has 6 heteroatoms. The highest BCUT2D eigenvalue weighted by molar-refractivity contribution is 5.77. The minimum absolute atomic E-state index is 0.0141. The molecule has 1 aliphatic carbocycles. The van der Waals surface area contributed by atoms with Gasteiger partial charge in [0.05, 0.1) is 41.0 Å². The van der Waals surface area contributed by atoms with Crippen molar-refractivity contribution in [3.63, 3.8) is 0 Å². The molecule has 28 heavy (non-hydrogen) atoms. The average Bonchev–Trinajstić information content (AvgIpc) is 3.10. The van der Waals surface area contributed by atoms with Gasteiger partial charge < -0.3 is 23.7 Å². The molecule has 3 atom stereocenters. The first-order valence-electron chi connectivity index (χ1n) is 9.24. The van der Waals surface area contributed by atoms with E-state index in [0.717, 1.165) is 16.7 Å². The molecular weight excluding hydrogens is 360 g/mol. The third-order valence-corrected chi connectivity index (χ3v) is 5.85. The van der Waals surface area contributed by atoms with Gasteiger partial charge in [0.2, 0.25) is 0 Å². The van der Waals surface area contributed by atoms with Crippen molar-refractivity contribution < 1.29 is 28.5 Å². The quantitative estimate of drug-likeness (QED) is 0.738. The van der Waals surface area contributed by atoms with Gasteiger partial charge in [0, 0.05) is 11.8 Å². The molecule has 4 rings (SSSR count). The lowest BCUT2D eigenvalue weighted by molar-refractivity contribution is -0.141. The second kappa shape index (κ2) is 7.26. The number of carbonyl (C=O) groups is 1. The molecule has 0 bridgehead atoms. The zero-order valence-corrected chi connectivity index (χ0v) is 16.5. The van der Waals surface area contributed by atoms with Gasteiger partial charge in [0.1, 0.15) is 0 Å². The van der Waals surface area contributed by atoms with Crippen LogP contribution in [0.15, 0.2) is 30.3 Å². The molecule has 148 valence electrons. The number of benzene rings is 2. The van der Waals surface area contributed by atoms with Crippen LogP contribution in [-0.2, 0) is 16.0 Å². The molecule has 0 saturated carbocycles. The van der Waals surface area contributed by atoms with Crippen LogP contribution in [0.4, 0.5) is 0 Å². The molecule has 0 aromatic heterocycles. The van der Waals surface area contributed by atoms with Gasteiger partial charge in [0.25, 0.3) is 0 Å². The van der Waals surface area contributed by atoms with Crippen molar-refractivity contribution in [1.29, 1.82) is 0 Å². The SMILES string of the molecule is COc1ccc([C@@H]2c3cc(OC)c(OC)cc3C[C@H]3C(=O)OC[C@H]23)cc1OC. The number of methoxy groups -OCH3 is 4. The summed E-state index contributed by atoms with van der Waals surface area (Å²) in [5.41, 5.74) is 3.26. The minimum atomic E-state index is -0.163. The molecule has 2 aromatic rings. The van der Waals surface area contributed by atoms with Gasteiger partial charge in [0.15, 0.2) is 23.0 Å². The van der Waals surface area contributed by atoms with Gasteiger partial charge in [-0.2, -0.15) is 0 Å². The van der Waals surface area contributed by atoms with E-state index in [4.69, 9.17) is 23.7 Å². The summed E-state index contributed by atoms with van der Waals surface area (Å²) < 4.78 is 27.3. The third-order valence-electron chi connectivity index (χ3n) is 5.85. The van der Waals surface area contributed by atoms with Gasteiger partial charge in [-0.15, -0.1) is 0 Å². The van der Waals surface area contributed by atoms with Crippen LogP contribution in [-0.4, -0.2) is 41.0 Å². The van der Waals surface area contributed by atoms with Crippen molar-refractivity contribution in [2.75, 3.05) is 35.0 Å². The van der Waals surface area contributed by atoms with E-state index in [0.29, 0.717) is 36.0 Å². The summed E-state index contributed by atoms with van der Waals surface area (Å²) in [5.74, 6) is 2.43. The molecule has 1 heterocycles. The number of cyclic esters (lactones) is 1. The Labute approximate surface area is 164 Å². The number of fused-ring (bicyclic) bond motifs is 2. The summed E-state index contributed by atoms with van der Waals surface area (Å²) in [6.07, 6.45) is 0.642. The molecule has 1 aliphatic heterocycles. The highest BCUT2D eigenvalue weighted by Crippen LogP contribution is 2.50. The van der Waals surface area contributed by atoms with Gasteiger partial charge >= 0.3 is 5.97 Å². The molecule has 0 amide bonds. The zero-order valence-electron chi connectivity index (χ0n) is 16.5. The third kappa shape index (κ3) is 2.84. The predicted molar refractivity (Wildman–Crippen MR) is 103 cm³/mol. The van der Waals surface area contributed by atoms with Crippen molar-refractivity contribution in [3.8, 4) is 23.0 Å². The Bertz CT molecular complexity index is 906. The van der Waals surface area contributed by atoms with Gasteiger partial charge in [-0.05, 0) is 47.4 Å². The van der Waals surface area contributed by atoms with E-state index in [1.807, 2.05) is 30.3 Å². The fourth-order valence-electron chi connectivity index (χ4n) is 4.48. The standard InChI is InChI=1S/C22H24O6/c1-24-17-6-5-12(8-18(17)25-2)21-14-10-20(27-4)19(26-3)9-13(14)7-15-16(21)11-28-22(15)23/h5-6,8-10,15-16,21H,7,11H2,1-4H3/t15-,16+,21-/m1/s1. The molecule has 2 aliphatic rings. The van der Waals surface area contributed by atoms with Crippen LogP contribution in [0.2, 0.25) is 0 Å². The van der Waals surface area contributed by atoms with E-state index in [1.165, 1.54) is 0 Å². The summed E-state index contributed by atoms with van der Waals surface area (Å²) in [6.45, 7) is 0.413. The maximum atomic E-state index is 12.4. The Balaban J connectivity index is 1.89. The van der Waals surface area contributed by atoms with Crippen molar-refractivity contribution in [2.45, 2.75) is 12.3 Å². The van der Waals surface area contributed by atoms with Crippen LogP contribution < -0.4 is 18.9 Å². The first-order chi connectivity index (χ1) is 13.6.